The second-order valence-electron chi connectivity index (χ2n) is 5.70. The highest BCUT2D eigenvalue weighted by Crippen LogP contribution is 2.47. The van der Waals surface area contributed by atoms with Gasteiger partial charge < -0.3 is 10.6 Å². The van der Waals surface area contributed by atoms with E-state index in [1.807, 2.05) is 12.1 Å². The molecule has 0 saturated carbocycles. The first-order valence-electron chi connectivity index (χ1n) is 6.92. The van der Waals surface area contributed by atoms with Crippen molar-refractivity contribution in [2.45, 2.75) is 25.2 Å². The molecule has 1 aromatic rings. The minimum absolute atomic E-state index is 0. The average Bonchev–Trinajstić information content (AvgIpc) is 2.41. The molecule has 0 aromatic heterocycles. The lowest BCUT2D eigenvalue weighted by atomic mass is 9.63. The Balaban J connectivity index is 0.00000147. The molecule has 2 aliphatic heterocycles. The van der Waals surface area contributed by atoms with Gasteiger partial charge >= 0.3 is 0 Å². The number of rotatable bonds is 1. The quantitative estimate of drug-likeness (QED) is 0.835. The normalized spacial score (nSPS) is 24.9. The maximum absolute atomic E-state index is 13.1. The summed E-state index contributed by atoms with van der Waals surface area (Å²) in [7, 11) is 0. The molecular weight excluding hydrogens is 279 g/mol. The van der Waals surface area contributed by atoms with E-state index in [9.17, 15) is 9.18 Å². The summed E-state index contributed by atoms with van der Waals surface area (Å²) < 4.78 is 13.1. The smallest absolute Gasteiger partial charge is 0.220 e. The standard InChI is InChI=1S/C15H19FN2O.ClH/c16-12-3-1-11(2-4-12)13-10-18-14(19)9-15(13)5-7-17-8-6-15;/h1-4,13,17H,5-10H2,(H,18,19);1H. The van der Waals surface area contributed by atoms with Crippen molar-refractivity contribution in [3.05, 3.63) is 35.6 Å². The fourth-order valence-electron chi connectivity index (χ4n) is 3.55. The molecule has 3 nitrogen and oxygen atoms in total. The van der Waals surface area contributed by atoms with Crippen molar-refractivity contribution in [3.8, 4) is 0 Å². The van der Waals surface area contributed by atoms with E-state index in [0.29, 0.717) is 18.9 Å². The average molecular weight is 299 g/mol. The van der Waals surface area contributed by atoms with Crippen molar-refractivity contribution in [2.24, 2.45) is 5.41 Å². The summed E-state index contributed by atoms with van der Waals surface area (Å²) in [5.74, 6) is 0.246. The summed E-state index contributed by atoms with van der Waals surface area (Å²) in [6.07, 6.45) is 2.63. The van der Waals surface area contributed by atoms with Gasteiger partial charge in [-0.1, -0.05) is 12.1 Å². The molecule has 110 valence electrons. The van der Waals surface area contributed by atoms with Crippen molar-refractivity contribution in [2.75, 3.05) is 19.6 Å². The molecule has 1 spiro atoms. The number of benzene rings is 1. The van der Waals surface area contributed by atoms with Gasteiger partial charge in [0.2, 0.25) is 5.91 Å². The van der Waals surface area contributed by atoms with Crippen LogP contribution in [0.3, 0.4) is 0 Å². The minimum atomic E-state index is -0.206. The van der Waals surface area contributed by atoms with Gasteiger partial charge in [-0.2, -0.15) is 0 Å². The van der Waals surface area contributed by atoms with Crippen LogP contribution in [0.4, 0.5) is 4.39 Å². The Morgan fingerprint density at radius 3 is 2.45 bits per heavy atom. The summed E-state index contributed by atoms with van der Waals surface area (Å²) in [6.45, 7) is 2.60. The number of hydrogen-bond donors (Lipinski definition) is 2. The predicted molar refractivity (Wildman–Crippen MR) is 78.6 cm³/mol. The van der Waals surface area contributed by atoms with Crippen LogP contribution < -0.4 is 10.6 Å². The van der Waals surface area contributed by atoms with E-state index in [2.05, 4.69) is 10.6 Å². The van der Waals surface area contributed by atoms with E-state index < -0.39 is 0 Å². The lowest BCUT2D eigenvalue weighted by Crippen LogP contribution is -2.51. The monoisotopic (exact) mass is 298 g/mol. The first kappa shape index (κ1) is 15.3. The van der Waals surface area contributed by atoms with Crippen molar-refractivity contribution in [3.63, 3.8) is 0 Å². The molecule has 2 saturated heterocycles. The van der Waals surface area contributed by atoms with E-state index in [4.69, 9.17) is 0 Å². The van der Waals surface area contributed by atoms with Gasteiger partial charge in [-0.25, -0.2) is 4.39 Å². The number of halogens is 2. The Bertz CT molecular complexity index is 471. The SMILES string of the molecule is Cl.O=C1CC2(CCNCC2)C(c2ccc(F)cc2)CN1. The molecule has 0 bridgehead atoms. The van der Waals surface area contributed by atoms with Gasteiger partial charge in [0.25, 0.3) is 0 Å². The van der Waals surface area contributed by atoms with Gasteiger partial charge in [-0.15, -0.1) is 12.4 Å². The summed E-state index contributed by atoms with van der Waals surface area (Å²) in [5.41, 5.74) is 1.19. The van der Waals surface area contributed by atoms with Crippen molar-refractivity contribution in [1.29, 1.82) is 0 Å². The summed E-state index contributed by atoms with van der Waals surface area (Å²) in [5, 5.41) is 6.32. The zero-order valence-corrected chi connectivity index (χ0v) is 12.1. The third-order valence-electron chi connectivity index (χ3n) is 4.63. The van der Waals surface area contributed by atoms with Crippen LogP contribution in [-0.4, -0.2) is 25.5 Å². The molecule has 2 aliphatic rings. The van der Waals surface area contributed by atoms with E-state index in [1.54, 1.807) is 0 Å². The third-order valence-corrected chi connectivity index (χ3v) is 4.63. The molecule has 1 atom stereocenters. The van der Waals surface area contributed by atoms with Crippen LogP contribution in [0.2, 0.25) is 0 Å². The molecule has 1 amide bonds. The van der Waals surface area contributed by atoms with Gasteiger partial charge in [0.1, 0.15) is 5.82 Å². The number of amides is 1. The summed E-state index contributed by atoms with van der Waals surface area (Å²) >= 11 is 0. The first-order chi connectivity index (χ1) is 9.20. The molecule has 2 heterocycles. The van der Waals surface area contributed by atoms with E-state index in [-0.39, 0.29) is 29.5 Å². The molecule has 20 heavy (non-hydrogen) atoms. The number of carbonyl (C=O) groups excluding carboxylic acids is 1. The van der Waals surface area contributed by atoms with Crippen LogP contribution in [-0.2, 0) is 4.79 Å². The third kappa shape index (κ3) is 2.81. The van der Waals surface area contributed by atoms with Crippen LogP contribution in [0.5, 0.6) is 0 Å². The molecule has 3 rings (SSSR count). The highest BCUT2D eigenvalue weighted by Gasteiger charge is 2.44. The lowest BCUT2D eigenvalue weighted by molar-refractivity contribution is -0.127. The number of carbonyl (C=O) groups is 1. The van der Waals surface area contributed by atoms with Crippen molar-refractivity contribution in [1.82, 2.24) is 10.6 Å². The van der Waals surface area contributed by atoms with Crippen LogP contribution in [0, 0.1) is 11.2 Å². The Hall–Kier alpha value is -1.13. The Morgan fingerprint density at radius 2 is 1.80 bits per heavy atom. The number of piperidine rings is 2. The predicted octanol–water partition coefficient (Wildman–Crippen LogP) is 2.22. The second kappa shape index (κ2) is 6.10. The number of nitrogens with one attached hydrogen (secondary N) is 2. The van der Waals surface area contributed by atoms with Gasteiger partial charge in [0.15, 0.2) is 0 Å². The van der Waals surface area contributed by atoms with Gasteiger partial charge in [-0.05, 0) is 49.0 Å². The molecule has 1 unspecified atom stereocenters. The van der Waals surface area contributed by atoms with Crippen LogP contribution >= 0.6 is 12.4 Å². The largest absolute Gasteiger partial charge is 0.355 e. The van der Waals surface area contributed by atoms with Crippen LogP contribution in [0.25, 0.3) is 0 Å². The van der Waals surface area contributed by atoms with Gasteiger partial charge in [-0.3, -0.25) is 4.79 Å². The topological polar surface area (TPSA) is 41.1 Å². The lowest BCUT2D eigenvalue weighted by Gasteiger charge is -2.46. The number of hydrogen-bond acceptors (Lipinski definition) is 2. The molecule has 5 heteroatoms. The Kier molecular flexibility index (Phi) is 4.66. The van der Waals surface area contributed by atoms with E-state index >= 15 is 0 Å². The van der Waals surface area contributed by atoms with Crippen molar-refractivity contribution >= 4 is 18.3 Å². The fraction of sp³-hybridized carbons (Fsp3) is 0.533. The molecule has 2 fully saturated rings. The maximum Gasteiger partial charge on any atom is 0.220 e. The molecular formula is C15H20ClFN2O. The zero-order valence-electron chi connectivity index (χ0n) is 11.3. The summed E-state index contributed by atoms with van der Waals surface area (Å²) in [6, 6.07) is 6.75. The molecule has 2 N–H and O–H groups in total. The van der Waals surface area contributed by atoms with E-state index in [1.165, 1.54) is 12.1 Å². The Morgan fingerprint density at radius 1 is 1.15 bits per heavy atom. The molecule has 1 aromatic carbocycles. The first-order valence-corrected chi connectivity index (χ1v) is 6.92. The van der Waals surface area contributed by atoms with Gasteiger partial charge in [0.05, 0.1) is 0 Å². The fourth-order valence-corrected chi connectivity index (χ4v) is 3.55. The van der Waals surface area contributed by atoms with Crippen LogP contribution in [0.1, 0.15) is 30.7 Å². The second-order valence-corrected chi connectivity index (χ2v) is 5.70. The Labute approximate surface area is 124 Å². The maximum atomic E-state index is 13.1. The minimum Gasteiger partial charge on any atom is -0.355 e. The highest BCUT2D eigenvalue weighted by atomic mass is 35.5. The van der Waals surface area contributed by atoms with Gasteiger partial charge in [0, 0.05) is 18.9 Å². The van der Waals surface area contributed by atoms with Crippen LogP contribution in [0.15, 0.2) is 24.3 Å². The molecule has 0 aliphatic carbocycles. The molecule has 0 radical (unpaired) electrons. The van der Waals surface area contributed by atoms with E-state index in [0.717, 1.165) is 31.5 Å². The van der Waals surface area contributed by atoms with Crippen molar-refractivity contribution < 1.29 is 9.18 Å². The highest BCUT2D eigenvalue weighted by molar-refractivity contribution is 5.85. The summed E-state index contributed by atoms with van der Waals surface area (Å²) in [4.78, 5) is 11.8. The zero-order chi connectivity index (χ0) is 13.3.